The highest BCUT2D eigenvalue weighted by atomic mass is 16.5. The summed E-state index contributed by atoms with van der Waals surface area (Å²) in [5.74, 6) is -0.803. The van der Waals surface area contributed by atoms with Gasteiger partial charge >= 0.3 is 5.97 Å². The Kier molecular flexibility index (Phi) is 11.8. The lowest BCUT2D eigenvalue weighted by Crippen LogP contribution is -2.03. The van der Waals surface area contributed by atoms with Crippen LogP contribution in [0.15, 0.2) is 0 Å². The number of aldehydes is 1. The molecule has 0 aliphatic heterocycles. The fourth-order valence-electron chi connectivity index (χ4n) is 0.176. The molecule has 0 atom stereocenters. The van der Waals surface area contributed by atoms with Crippen LogP contribution in [-0.2, 0) is 19.1 Å². The molecule has 0 saturated heterocycles. The van der Waals surface area contributed by atoms with Crippen LogP contribution < -0.4 is 0 Å². The number of ether oxygens (including phenoxy) is 1. The third kappa shape index (κ3) is 10.9. The molecule has 0 radical (unpaired) electrons. The molecule has 0 aliphatic rings. The number of carbonyl (C=O) groups is 3. The van der Waals surface area contributed by atoms with Crippen molar-refractivity contribution < 1.29 is 19.1 Å². The predicted molar refractivity (Wildman–Crippen MR) is 29.8 cm³/mol. The first-order chi connectivity index (χ1) is 4.31. The lowest BCUT2D eigenvalue weighted by atomic mass is 10.7. The molecule has 52 valence electrons. The summed E-state index contributed by atoms with van der Waals surface area (Å²) in [6.07, 6.45) is 0.142. The molecule has 0 aromatic carbocycles. The molecular formula is C5H8O4. The maximum atomic E-state index is 9.82. The minimum Gasteiger partial charge on any atom is -0.460 e. The van der Waals surface area contributed by atoms with Crippen LogP contribution in [0.4, 0.5) is 0 Å². The Balaban J connectivity index is 0. The van der Waals surface area contributed by atoms with Crippen LogP contribution in [0.3, 0.4) is 0 Å². The van der Waals surface area contributed by atoms with Crippen LogP contribution in [0.25, 0.3) is 0 Å². The Morgan fingerprint density at radius 2 is 2.11 bits per heavy atom. The maximum Gasteiger partial charge on any atom is 0.371 e. The standard InChI is InChI=1S/C4H6O3.CH2O/c1-2-7-4(6)3-5;1-2/h3H,2H2,1H3;1H2. The quantitative estimate of drug-likeness (QED) is 0.290. The lowest BCUT2D eigenvalue weighted by molar-refractivity contribution is -0.148. The number of carbonyl (C=O) groups excluding carboxylic acids is 3. The molecule has 0 aromatic heterocycles. The summed E-state index contributed by atoms with van der Waals surface area (Å²) in [6, 6.07) is 0. The van der Waals surface area contributed by atoms with E-state index in [2.05, 4.69) is 4.74 Å². The van der Waals surface area contributed by atoms with Gasteiger partial charge in [-0.25, -0.2) is 4.79 Å². The molecule has 4 nitrogen and oxygen atoms in total. The van der Waals surface area contributed by atoms with E-state index in [4.69, 9.17) is 4.79 Å². The molecule has 0 rings (SSSR count). The average molecular weight is 132 g/mol. The van der Waals surface area contributed by atoms with E-state index in [0.717, 1.165) is 0 Å². The zero-order valence-electron chi connectivity index (χ0n) is 5.12. The largest absolute Gasteiger partial charge is 0.460 e. The minimum atomic E-state index is -0.803. The average Bonchev–Trinajstić information content (AvgIpc) is 1.93. The van der Waals surface area contributed by atoms with Gasteiger partial charge in [0.05, 0.1) is 6.61 Å². The lowest BCUT2D eigenvalue weighted by Gasteiger charge is -1.88. The van der Waals surface area contributed by atoms with E-state index in [0.29, 0.717) is 0 Å². The van der Waals surface area contributed by atoms with Crippen LogP contribution in [-0.4, -0.2) is 25.7 Å². The van der Waals surface area contributed by atoms with Crippen molar-refractivity contribution in [1.29, 1.82) is 0 Å². The summed E-state index contributed by atoms with van der Waals surface area (Å²) < 4.78 is 4.18. The van der Waals surface area contributed by atoms with E-state index >= 15 is 0 Å². The third-order valence-electron chi connectivity index (χ3n) is 0.383. The molecule has 0 unspecified atom stereocenters. The number of rotatable bonds is 2. The third-order valence-corrected chi connectivity index (χ3v) is 0.383. The Labute approximate surface area is 52.8 Å². The monoisotopic (exact) mass is 132 g/mol. The summed E-state index contributed by atoms with van der Waals surface area (Å²) in [6.45, 7) is 3.90. The van der Waals surface area contributed by atoms with Gasteiger partial charge in [-0.2, -0.15) is 0 Å². The highest BCUT2D eigenvalue weighted by Gasteiger charge is 1.91. The molecule has 0 aliphatic carbocycles. The van der Waals surface area contributed by atoms with E-state index in [1.165, 1.54) is 0 Å². The Morgan fingerprint density at radius 3 is 2.22 bits per heavy atom. The van der Waals surface area contributed by atoms with Crippen LogP contribution in [0, 0.1) is 0 Å². The first kappa shape index (κ1) is 10.7. The molecule has 4 heteroatoms. The van der Waals surface area contributed by atoms with Crippen molar-refractivity contribution in [3.63, 3.8) is 0 Å². The summed E-state index contributed by atoms with van der Waals surface area (Å²) in [5.41, 5.74) is 0. The zero-order valence-corrected chi connectivity index (χ0v) is 5.12. The van der Waals surface area contributed by atoms with Crippen molar-refractivity contribution >= 4 is 19.0 Å². The SMILES string of the molecule is C=O.CCOC(=O)C=O. The van der Waals surface area contributed by atoms with Gasteiger partial charge in [0.25, 0.3) is 0 Å². The fourth-order valence-corrected chi connectivity index (χ4v) is 0.176. The number of hydrogen-bond acceptors (Lipinski definition) is 4. The highest BCUT2D eigenvalue weighted by molar-refractivity contribution is 6.20. The Morgan fingerprint density at radius 1 is 1.67 bits per heavy atom. The molecule has 0 bridgehead atoms. The van der Waals surface area contributed by atoms with Gasteiger partial charge in [-0.1, -0.05) is 0 Å². The number of esters is 1. The van der Waals surface area contributed by atoms with Gasteiger partial charge in [-0.3, -0.25) is 4.79 Å². The molecule has 9 heavy (non-hydrogen) atoms. The first-order valence-electron chi connectivity index (χ1n) is 2.22. The van der Waals surface area contributed by atoms with E-state index in [9.17, 15) is 9.59 Å². The van der Waals surface area contributed by atoms with Gasteiger partial charge in [0, 0.05) is 0 Å². The molecular weight excluding hydrogens is 124 g/mol. The first-order valence-corrected chi connectivity index (χ1v) is 2.22. The van der Waals surface area contributed by atoms with E-state index in [1.807, 2.05) is 6.79 Å². The van der Waals surface area contributed by atoms with Gasteiger partial charge < -0.3 is 9.53 Å². The maximum absolute atomic E-state index is 9.82. The van der Waals surface area contributed by atoms with Crippen LogP contribution >= 0.6 is 0 Å². The molecule has 0 fully saturated rings. The summed E-state index contributed by atoms with van der Waals surface area (Å²) >= 11 is 0. The van der Waals surface area contributed by atoms with E-state index in [-0.39, 0.29) is 12.9 Å². The normalized spacial score (nSPS) is 6.33. The second-order valence-corrected chi connectivity index (χ2v) is 0.870. The molecule has 0 spiro atoms. The Hall–Kier alpha value is -1.19. The van der Waals surface area contributed by atoms with Crippen LogP contribution in [0.5, 0.6) is 0 Å². The second-order valence-electron chi connectivity index (χ2n) is 0.870. The molecule has 0 saturated carbocycles. The fraction of sp³-hybridized carbons (Fsp3) is 0.400. The summed E-state index contributed by atoms with van der Waals surface area (Å²) in [5, 5.41) is 0. The summed E-state index contributed by atoms with van der Waals surface area (Å²) in [7, 11) is 0. The molecule has 0 N–H and O–H groups in total. The van der Waals surface area contributed by atoms with E-state index in [1.54, 1.807) is 6.92 Å². The molecule has 0 amide bonds. The van der Waals surface area contributed by atoms with Crippen LogP contribution in [0.2, 0.25) is 0 Å². The van der Waals surface area contributed by atoms with Gasteiger partial charge in [0.2, 0.25) is 6.29 Å². The van der Waals surface area contributed by atoms with Crippen molar-refractivity contribution in [3.05, 3.63) is 0 Å². The molecule has 0 aromatic rings. The summed E-state index contributed by atoms with van der Waals surface area (Å²) in [4.78, 5) is 27.2. The van der Waals surface area contributed by atoms with Crippen molar-refractivity contribution in [2.45, 2.75) is 6.92 Å². The predicted octanol–water partition coefficient (Wildman–Crippen LogP) is -0.437. The molecule has 0 heterocycles. The zero-order chi connectivity index (χ0) is 7.70. The van der Waals surface area contributed by atoms with Crippen molar-refractivity contribution in [2.75, 3.05) is 6.61 Å². The van der Waals surface area contributed by atoms with Crippen molar-refractivity contribution in [3.8, 4) is 0 Å². The van der Waals surface area contributed by atoms with Gasteiger partial charge in [0.1, 0.15) is 6.79 Å². The Bertz CT molecular complexity index is 89.0. The van der Waals surface area contributed by atoms with Crippen molar-refractivity contribution in [1.82, 2.24) is 0 Å². The van der Waals surface area contributed by atoms with Crippen molar-refractivity contribution in [2.24, 2.45) is 0 Å². The van der Waals surface area contributed by atoms with Gasteiger partial charge in [-0.15, -0.1) is 0 Å². The topological polar surface area (TPSA) is 60.4 Å². The minimum absolute atomic E-state index is 0.142. The van der Waals surface area contributed by atoms with Crippen LogP contribution in [0.1, 0.15) is 6.92 Å². The van der Waals surface area contributed by atoms with Gasteiger partial charge in [0.15, 0.2) is 0 Å². The second kappa shape index (κ2) is 9.94. The number of hydrogen-bond donors (Lipinski definition) is 0. The van der Waals surface area contributed by atoms with Gasteiger partial charge in [-0.05, 0) is 6.92 Å². The highest BCUT2D eigenvalue weighted by Crippen LogP contribution is 1.68. The smallest absolute Gasteiger partial charge is 0.371 e. The van der Waals surface area contributed by atoms with E-state index < -0.39 is 5.97 Å².